The lowest BCUT2D eigenvalue weighted by molar-refractivity contribution is -0.159. The highest BCUT2D eigenvalue weighted by Gasteiger charge is 2.66. The van der Waals surface area contributed by atoms with Crippen LogP contribution in [0.5, 0.6) is 11.8 Å². The summed E-state index contributed by atoms with van der Waals surface area (Å²) in [6, 6.07) is 2.88. The molecule has 2 aromatic rings. The molecule has 3 atom stereocenters. The second-order valence-corrected chi connectivity index (χ2v) is 8.73. The summed E-state index contributed by atoms with van der Waals surface area (Å²) >= 11 is 0. The quantitative estimate of drug-likeness (QED) is 0.514. The maximum absolute atomic E-state index is 13.4. The highest BCUT2D eigenvalue weighted by Crippen LogP contribution is 2.66. The van der Waals surface area contributed by atoms with Gasteiger partial charge in [-0.25, -0.2) is 4.85 Å². The Kier molecular flexibility index (Phi) is 4.58. The van der Waals surface area contributed by atoms with Crippen LogP contribution in [-0.2, 0) is 31.6 Å². The smallest absolute Gasteiger partial charge is 0.407 e. The molecule has 1 aromatic heterocycles. The highest BCUT2D eigenvalue weighted by molar-refractivity contribution is 5.78. The lowest BCUT2D eigenvalue weighted by Crippen LogP contribution is -2.36. The third-order valence-corrected chi connectivity index (χ3v) is 6.14. The number of benzene rings is 1. The van der Waals surface area contributed by atoms with Gasteiger partial charge in [0.25, 0.3) is 0 Å². The Hall–Kier alpha value is -3.19. The van der Waals surface area contributed by atoms with E-state index in [2.05, 4.69) is 4.85 Å². The molecule has 10 heteroatoms. The monoisotopic (exact) mass is 450 g/mol. The molecule has 2 unspecified atom stereocenters. The first kappa shape index (κ1) is 22.0. The second-order valence-electron chi connectivity index (χ2n) is 8.73. The number of halogens is 3. The summed E-state index contributed by atoms with van der Waals surface area (Å²) in [5.74, 6) is -2.32. The molecule has 2 aliphatic heterocycles. The maximum Gasteiger partial charge on any atom is 0.407 e. The van der Waals surface area contributed by atoms with Crippen LogP contribution in [0.25, 0.3) is 10.5 Å². The molecule has 0 aliphatic carbocycles. The fourth-order valence-electron chi connectivity index (χ4n) is 4.92. The predicted octanol–water partition coefficient (Wildman–Crippen LogP) is 4.89. The van der Waals surface area contributed by atoms with Gasteiger partial charge in [-0.1, -0.05) is 6.07 Å². The van der Waals surface area contributed by atoms with Gasteiger partial charge in [-0.3, -0.25) is 9.36 Å². The SMILES string of the molecule is [C-]#[N+]c1ccc(-n2c(O)c3c(c2O)C2(C)OC3(C)C[C@@H]2C(=O)OC(C)C)cc1C(F)(F)F. The van der Waals surface area contributed by atoms with Crippen molar-refractivity contribution in [2.75, 3.05) is 0 Å². The van der Waals surface area contributed by atoms with Crippen LogP contribution in [0.1, 0.15) is 50.8 Å². The zero-order valence-corrected chi connectivity index (χ0v) is 17.7. The van der Waals surface area contributed by atoms with Gasteiger partial charge in [0.15, 0.2) is 5.69 Å². The molecule has 7 nitrogen and oxygen atoms in total. The van der Waals surface area contributed by atoms with Crippen LogP contribution in [0.4, 0.5) is 18.9 Å². The molecular formula is C22H21F3N2O5. The molecule has 0 amide bonds. The van der Waals surface area contributed by atoms with Crippen LogP contribution in [0.2, 0.25) is 0 Å². The summed E-state index contributed by atoms with van der Waals surface area (Å²) < 4.78 is 52.6. The van der Waals surface area contributed by atoms with E-state index in [0.717, 1.165) is 10.6 Å². The average Bonchev–Trinajstić information content (AvgIpc) is 3.21. The van der Waals surface area contributed by atoms with Crippen LogP contribution < -0.4 is 0 Å². The highest BCUT2D eigenvalue weighted by atomic mass is 19.4. The van der Waals surface area contributed by atoms with Crippen LogP contribution in [0.15, 0.2) is 18.2 Å². The van der Waals surface area contributed by atoms with Gasteiger partial charge >= 0.3 is 12.1 Å². The van der Waals surface area contributed by atoms with E-state index in [9.17, 15) is 28.2 Å². The Bertz CT molecular complexity index is 1180. The lowest BCUT2D eigenvalue weighted by Gasteiger charge is -2.28. The largest absolute Gasteiger partial charge is 0.494 e. The number of aromatic hydroxyl groups is 2. The molecule has 170 valence electrons. The van der Waals surface area contributed by atoms with Gasteiger partial charge < -0.3 is 19.7 Å². The van der Waals surface area contributed by atoms with E-state index in [1.165, 1.54) is 6.07 Å². The molecule has 1 aromatic carbocycles. The van der Waals surface area contributed by atoms with Crippen molar-refractivity contribution in [1.82, 2.24) is 4.57 Å². The van der Waals surface area contributed by atoms with Crippen molar-refractivity contribution >= 4 is 11.7 Å². The van der Waals surface area contributed by atoms with Crippen molar-refractivity contribution in [3.8, 4) is 17.4 Å². The third-order valence-electron chi connectivity index (χ3n) is 6.14. The average molecular weight is 450 g/mol. The van der Waals surface area contributed by atoms with E-state index in [0.29, 0.717) is 6.07 Å². The van der Waals surface area contributed by atoms with Crippen molar-refractivity contribution in [2.45, 2.75) is 57.6 Å². The minimum atomic E-state index is -4.80. The summed E-state index contributed by atoms with van der Waals surface area (Å²) in [6.45, 7) is 13.6. The molecule has 1 saturated heterocycles. The van der Waals surface area contributed by atoms with Crippen LogP contribution >= 0.6 is 0 Å². The molecule has 0 radical (unpaired) electrons. The first-order chi connectivity index (χ1) is 14.7. The van der Waals surface area contributed by atoms with Crippen molar-refractivity contribution in [1.29, 1.82) is 0 Å². The van der Waals surface area contributed by atoms with Crippen molar-refractivity contribution in [3.05, 3.63) is 46.3 Å². The van der Waals surface area contributed by atoms with Crippen LogP contribution in [0, 0.1) is 12.5 Å². The van der Waals surface area contributed by atoms with Gasteiger partial charge in [0, 0.05) is 0 Å². The first-order valence-corrected chi connectivity index (χ1v) is 9.92. The number of nitrogens with zero attached hydrogens (tertiary/aromatic N) is 2. The fourth-order valence-corrected chi connectivity index (χ4v) is 4.92. The summed E-state index contributed by atoms with van der Waals surface area (Å²) in [5.41, 5.74) is -4.10. The number of esters is 1. The van der Waals surface area contributed by atoms with E-state index in [-0.39, 0.29) is 29.3 Å². The maximum atomic E-state index is 13.4. The number of hydrogen-bond donors (Lipinski definition) is 2. The van der Waals surface area contributed by atoms with E-state index in [4.69, 9.17) is 16.0 Å². The van der Waals surface area contributed by atoms with Crippen LogP contribution in [-0.4, -0.2) is 26.9 Å². The number of rotatable bonds is 3. The van der Waals surface area contributed by atoms with Gasteiger partial charge in [-0.05, 0) is 46.2 Å². The molecule has 32 heavy (non-hydrogen) atoms. The Labute approximate surface area is 181 Å². The zero-order chi connectivity index (χ0) is 23.8. The lowest BCUT2D eigenvalue weighted by atomic mass is 9.72. The van der Waals surface area contributed by atoms with E-state index in [1.807, 2.05) is 0 Å². The number of carbonyl (C=O) groups is 1. The van der Waals surface area contributed by atoms with Crippen molar-refractivity contribution in [3.63, 3.8) is 0 Å². The first-order valence-electron chi connectivity index (χ1n) is 9.92. The van der Waals surface area contributed by atoms with Gasteiger partial charge in [0.1, 0.15) is 5.60 Å². The number of alkyl halides is 3. The normalized spacial score (nSPS) is 26.3. The molecule has 2 N–H and O–H groups in total. The van der Waals surface area contributed by atoms with Gasteiger partial charge in [-0.15, -0.1) is 0 Å². The van der Waals surface area contributed by atoms with Crippen LogP contribution in [0.3, 0.4) is 0 Å². The summed E-state index contributed by atoms with van der Waals surface area (Å²) in [4.78, 5) is 15.6. The number of carbonyl (C=O) groups excluding carboxylic acids is 1. The Morgan fingerprint density at radius 3 is 2.47 bits per heavy atom. The molecular weight excluding hydrogens is 429 g/mol. The summed E-state index contributed by atoms with van der Waals surface area (Å²) in [5, 5.41) is 22.0. The molecule has 1 fully saturated rings. The van der Waals surface area contributed by atoms with E-state index in [1.54, 1.807) is 27.7 Å². The topological polar surface area (TPSA) is 85.3 Å². The molecule has 2 bridgehead atoms. The zero-order valence-electron chi connectivity index (χ0n) is 17.7. The fraction of sp³-hybridized carbons (Fsp3) is 0.455. The second kappa shape index (κ2) is 6.65. The number of fused-ring (bicyclic) bond motifs is 5. The van der Waals surface area contributed by atoms with Crippen molar-refractivity contribution in [2.24, 2.45) is 5.92 Å². The number of hydrogen-bond acceptors (Lipinski definition) is 5. The Morgan fingerprint density at radius 2 is 1.91 bits per heavy atom. The Balaban J connectivity index is 1.89. The summed E-state index contributed by atoms with van der Waals surface area (Å²) in [6.07, 6.45) is -5.00. The van der Waals surface area contributed by atoms with Gasteiger partial charge in [0.05, 0.1) is 46.6 Å². The standard InChI is InChI=1S/C22H21F3N2O5/c1-10(2)31-19(30)13-9-20(3)15-16(21(13,4)32-20)18(29)27(17(15)28)11-6-7-14(26-5)12(8-11)22(23,24)25/h6-8,10,13,28-29H,9H2,1-4H3/t13-,20?,21?/m1/s1. The van der Waals surface area contributed by atoms with Gasteiger partial charge in [-0.2, -0.15) is 13.2 Å². The number of ether oxygens (including phenoxy) is 2. The van der Waals surface area contributed by atoms with E-state index >= 15 is 0 Å². The molecule has 3 heterocycles. The molecule has 0 saturated carbocycles. The van der Waals surface area contributed by atoms with Crippen molar-refractivity contribution < 1.29 is 37.7 Å². The minimum Gasteiger partial charge on any atom is -0.494 e. The molecule has 2 aliphatic rings. The number of aromatic nitrogens is 1. The Morgan fingerprint density at radius 1 is 1.28 bits per heavy atom. The molecule has 0 spiro atoms. The third kappa shape index (κ3) is 2.88. The summed E-state index contributed by atoms with van der Waals surface area (Å²) in [7, 11) is 0. The minimum absolute atomic E-state index is 0.136. The molecule has 4 rings (SSSR count). The van der Waals surface area contributed by atoms with Gasteiger partial charge in [0.2, 0.25) is 11.8 Å². The van der Waals surface area contributed by atoms with E-state index < -0.39 is 52.3 Å². The predicted molar refractivity (Wildman–Crippen MR) is 105 cm³/mol.